The van der Waals surface area contributed by atoms with Crippen LogP contribution in [0.2, 0.25) is 0 Å². The van der Waals surface area contributed by atoms with Crippen LogP contribution < -0.4 is 20.0 Å². The van der Waals surface area contributed by atoms with Crippen LogP contribution in [-0.2, 0) is 13.1 Å². The standard InChI is InChI=1S/C31H25N3O4/c35-30-26-14-8-7-13-25(26)27(31(36)33(30)19-23-15-16-28-29(17-23)38-21-37-28)18-32-34(24-11-5-2-6-12-24)20-22-9-3-1-4-10-22/h1-18,36H,19-21H2. The summed E-state index contributed by atoms with van der Waals surface area (Å²) in [6.07, 6.45) is 1.63. The highest BCUT2D eigenvalue weighted by molar-refractivity contribution is 6.01. The highest BCUT2D eigenvalue weighted by Crippen LogP contribution is 2.33. The molecule has 0 saturated heterocycles. The van der Waals surface area contributed by atoms with Gasteiger partial charge in [0.25, 0.3) is 5.56 Å². The second-order valence-electron chi connectivity index (χ2n) is 8.99. The Morgan fingerprint density at radius 3 is 2.29 bits per heavy atom. The van der Waals surface area contributed by atoms with Crippen molar-refractivity contribution in [1.82, 2.24) is 4.57 Å². The summed E-state index contributed by atoms with van der Waals surface area (Å²) in [6, 6.07) is 32.7. The Hall–Kier alpha value is -5.04. The maximum absolute atomic E-state index is 13.4. The van der Waals surface area contributed by atoms with Crippen LogP contribution in [0.15, 0.2) is 113 Å². The maximum Gasteiger partial charge on any atom is 0.261 e. The van der Waals surface area contributed by atoms with E-state index in [0.717, 1.165) is 16.8 Å². The Morgan fingerprint density at radius 1 is 0.816 bits per heavy atom. The predicted molar refractivity (Wildman–Crippen MR) is 148 cm³/mol. The third-order valence-electron chi connectivity index (χ3n) is 6.52. The van der Waals surface area contributed by atoms with E-state index in [0.29, 0.717) is 34.4 Å². The maximum atomic E-state index is 13.4. The Morgan fingerprint density at radius 2 is 1.50 bits per heavy atom. The van der Waals surface area contributed by atoms with Crippen molar-refractivity contribution in [3.05, 3.63) is 130 Å². The molecule has 1 aliphatic heterocycles. The molecule has 0 spiro atoms. The molecule has 0 aliphatic carbocycles. The minimum atomic E-state index is -0.280. The van der Waals surface area contributed by atoms with Gasteiger partial charge in [-0.25, -0.2) is 0 Å². The van der Waals surface area contributed by atoms with Gasteiger partial charge in [0.05, 0.1) is 30.6 Å². The van der Waals surface area contributed by atoms with Gasteiger partial charge in [-0.3, -0.25) is 14.4 Å². The number of rotatable bonds is 7. The molecule has 0 fully saturated rings. The fourth-order valence-corrected chi connectivity index (χ4v) is 4.59. The van der Waals surface area contributed by atoms with Crippen molar-refractivity contribution in [2.75, 3.05) is 11.8 Å². The summed E-state index contributed by atoms with van der Waals surface area (Å²) >= 11 is 0. The van der Waals surface area contributed by atoms with E-state index in [1.807, 2.05) is 102 Å². The summed E-state index contributed by atoms with van der Waals surface area (Å²) in [6.45, 7) is 0.873. The molecule has 6 rings (SSSR count). The zero-order valence-electron chi connectivity index (χ0n) is 20.5. The number of hydrogen-bond donors (Lipinski definition) is 1. The molecule has 7 heteroatoms. The number of aromatic nitrogens is 1. The van der Waals surface area contributed by atoms with E-state index in [4.69, 9.17) is 14.6 Å². The molecule has 38 heavy (non-hydrogen) atoms. The quantitative estimate of drug-likeness (QED) is 0.234. The van der Waals surface area contributed by atoms with E-state index >= 15 is 0 Å². The number of hydrazone groups is 1. The van der Waals surface area contributed by atoms with Gasteiger partial charge in [0, 0.05) is 10.8 Å². The molecule has 0 bridgehead atoms. The average Bonchev–Trinajstić information content (AvgIpc) is 3.44. The summed E-state index contributed by atoms with van der Waals surface area (Å²) in [5, 5.41) is 19.2. The lowest BCUT2D eigenvalue weighted by molar-refractivity contribution is 0.174. The van der Waals surface area contributed by atoms with Crippen LogP contribution in [-0.4, -0.2) is 22.7 Å². The number of hydrogen-bond acceptors (Lipinski definition) is 6. The third-order valence-corrected chi connectivity index (χ3v) is 6.52. The smallest absolute Gasteiger partial charge is 0.261 e. The van der Waals surface area contributed by atoms with Gasteiger partial charge in [-0.2, -0.15) is 5.10 Å². The highest BCUT2D eigenvalue weighted by atomic mass is 16.7. The van der Waals surface area contributed by atoms with Crippen LogP contribution in [0.3, 0.4) is 0 Å². The first-order valence-electron chi connectivity index (χ1n) is 12.3. The number of pyridine rings is 1. The molecule has 4 aromatic carbocycles. The van der Waals surface area contributed by atoms with Crippen LogP contribution >= 0.6 is 0 Å². The molecule has 188 valence electrons. The second kappa shape index (κ2) is 10.1. The molecule has 0 amide bonds. The van der Waals surface area contributed by atoms with Crippen LogP contribution in [0, 0.1) is 0 Å². The zero-order valence-corrected chi connectivity index (χ0v) is 20.5. The number of fused-ring (bicyclic) bond motifs is 2. The van der Waals surface area contributed by atoms with E-state index in [9.17, 15) is 9.90 Å². The summed E-state index contributed by atoms with van der Waals surface area (Å²) < 4.78 is 12.3. The molecule has 0 saturated carbocycles. The molecule has 7 nitrogen and oxygen atoms in total. The lowest BCUT2D eigenvalue weighted by Gasteiger charge is -2.20. The van der Waals surface area contributed by atoms with E-state index in [-0.39, 0.29) is 24.8 Å². The molecule has 0 atom stereocenters. The van der Waals surface area contributed by atoms with Crippen molar-refractivity contribution in [2.24, 2.45) is 5.10 Å². The minimum absolute atomic E-state index is 0.150. The van der Waals surface area contributed by atoms with E-state index in [1.165, 1.54) is 4.57 Å². The lowest BCUT2D eigenvalue weighted by Crippen LogP contribution is -2.22. The Bertz CT molecular complexity index is 1680. The Kier molecular flexibility index (Phi) is 6.24. The molecular formula is C31H25N3O4. The van der Waals surface area contributed by atoms with E-state index in [1.54, 1.807) is 12.3 Å². The van der Waals surface area contributed by atoms with Gasteiger partial charge in [0.1, 0.15) is 0 Å². The molecule has 2 heterocycles. The SMILES string of the molecule is O=c1c2ccccc2c(C=NN(Cc2ccccc2)c2ccccc2)c(O)n1Cc1ccc2c(c1)OCO2. The molecule has 1 aromatic heterocycles. The van der Waals surface area contributed by atoms with Crippen molar-refractivity contribution in [3.8, 4) is 17.4 Å². The molecule has 0 unspecified atom stereocenters. The van der Waals surface area contributed by atoms with Gasteiger partial charge in [-0.15, -0.1) is 0 Å². The van der Waals surface area contributed by atoms with Gasteiger partial charge < -0.3 is 14.6 Å². The second-order valence-corrected chi connectivity index (χ2v) is 8.99. The summed E-state index contributed by atoms with van der Waals surface area (Å²) in [7, 11) is 0. The number of nitrogens with zero attached hydrogens (tertiary/aromatic N) is 3. The average molecular weight is 504 g/mol. The van der Waals surface area contributed by atoms with Crippen LogP contribution in [0.25, 0.3) is 10.8 Å². The van der Waals surface area contributed by atoms with Crippen molar-refractivity contribution in [2.45, 2.75) is 13.1 Å². The van der Waals surface area contributed by atoms with Crippen molar-refractivity contribution in [1.29, 1.82) is 0 Å². The van der Waals surface area contributed by atoms with Crippen LogP contribution in [0.4, 0.5) is 5.69 Å². The fraction of sp³-hybridized carbons (Fsp3) is 0.0968. The lowest BCUT2D eigenvalue weighted by atomic mass is 10.1. The zero-order chi connectivity index (χ0) is 25.9. The van der Waals surface area contributed by atoms with Gasteiger partial charge in [0.15, 0.2) is 11.5 Å². The first-order valence-corrected chi connectivity index (χ1v) is 12.3. The Labute approximate surface area is 219 Å². The normalized spacial score (nSPS) is 12.3. The number of ether oxygens (including phenoxy) is 2. The third kappa shape index (κ3) is 4.57. The van der Waals surface area contributed by atoms with Crippen LogP contribution in [0.1, 0.15) is 16.7 Å². The molecular weight excluding hydrogens is 478 g/mol. The number of anilines is 1. The van der Waals surface area contributed by atoms with E-state index < -0.39 is 0 Å². The number of para-hydroxylation sites is 1. The number of benzene rings is 4. The molecule has 5 aromatic rings. The monoisotopic (exact) mass is 503 g/mol. The molecule has 1 aliphatic rings. The van der Waals surface area contributed by atoms with Gasteiger partial charge in [-0.05, 0) is 41.5 Å². The van der Waals surface area contributed by atoms with Crippen molar-refractivity contribution < 1.29 is 14.6 Å². The fourth-order valence-electron chi connectivity index (χ4n) is 4.59. The molecule has 0 radical (unpaired) electrons. The first kappa shape index (κ1) is 23.4. The number of aromatic hydroxyl groups is 1. The Balaban J connectivity index is 1.43. The summed E-state index contributed by atoms with van der Waals surface area (Å²) in [5.41, 5.74) is 2.99. The molecule has 1 N–H and O–H groups in total. The highest BCUT2D eigenvalue weighted by Gasteiger charge is 2.18. The van der Waals surface area contributed by atoms with Crippen molar-refractivity contribution >= 4 is 22.7 Å². The van der Waals surface area contributed by atoms with Crippen LogP contribution in [0.5, 0.6) is 17.4 Å². The summed E-state index contributed by atoms with van der Waals surface area (Å²) in [4.78, 5) is 13.4. The summed E-state index contributed by atoms with van der Waals surface area (Å²) in [5.74, 6) is 1.14. The minimum Gasteiger partial charge on any atom is -0.494 e. The van der Waals surface area contributed by atoms with Gasteiger partial charge in [0.2, 0.25) is 12.7 Å². The van der Waals surface area contributed by atoms with E-state index in [2.05, 4.69) is 0 Å². The predicted octanol–water partition coefficient (Wildman–Crippen LogP) is 5.52. The van der Waals surface area contributed by atoms with Crippen molar-refractivity contribution in [3.63, 3.8) is 0 Å². The first-order chi connectivity index (χ1) is 18.7. The van der Waals surface area contributed by atoms with Gasteiger partial charge >= 0.3 is 0 Å². The van der Waals surface area contributed by atoms with Gasteiger partial charge in [-0.1, -0.05) is 72.8 Å². The topological polar surface area (TPSA) is 76.3 Å². The largest absolute Gasteiger partial charge is 0.494 e.